The molecule has 5 nitrogen and oxygen atoms in total. The van der Waals surface area contributed by atoms with E-state index in [2.05, 4.69) is 5.32 Å². The molecule has 1 aromatic rings. The minimum Gasteiger partial charge on any atom is -0.478 e. The second-order valence-electron chi connectivity index (χ2n) is 4.52. The lowest BCUT2D eigenvalue weighted by Gasteiger charge is -2.20. The van der Waals surface area contributed by atoms with Crippen LogP contribution in [0.5, 0.6) is 0 Å². The molecule has 0 saturated carbocycles. The SMILES string of the molecule is CCN(C)C(=O)NC(C)c1ccc(C=CC(=O)O)cc1. The summed E-state index contributed by atoms with van der Waals surface area (Å²) >= 11 is 0. The van der Waals surface area contributed by atoms with Crippen molar-refractivity contribution in [2.45, 2.75) is 19.9 Å². The highest BCUT2D eigenvalue weighted by Gasteiger charge is 2.11. The van der Waals surface area contributed by atoms with Gasteiger partial charge in [0.2, 0.25) is 0 Å². The number of carbonyl (C=O) groups is 2. The van der Waals surface area contributed by atoms with Crippen molar-refractivity contribution in [3.8, 4) is 0 Å². The van der Waals surface area contributed by atoms with Gasteiger partial charge in [-0.05, 0) is 31.1 Å². The third-order valence-corrected chi connectivity index (χ3v) is 3.02. The summed E-state index contributed by atoms with van der Waals surface area (Å²) in [6, 6.07) is 7.17. The number of aliphatic carboxylic acids is 1. The Morgan fingerprint density at radius 2 is 1.95 bits per heavy atom. The molecule has 2 N–H and O–H groups in total. The van der Waals surface area contributed by atoms with E-state index in [0.29, 0.717) is 6.54 Å². The summed E-state index contributed by atoms with van der Waals surface area (Å²) in [5.74, 6) is -0.975. The summed E-state index contributed by atoms with van der Waals surface area (Å²) in [7, 11) is 1.74. The Morgan fingerprint density at radius 1 is 1.35 bits per heavy atom. The molecule has 0 heterocycles. The van der Waals surface area contributed by atoms with Crippen molar-refractivity contribution in [1.29, 1.82) is 0 Å². The van der Waals surface area contributed by atoms with E-state index < -0.39 is 5.97 Å². The maximum absolute atomic E-state index is 11.7. The lowest BCUT2D eigenvalue weighted by atomic mass is 10.1. The van der Waals surface area contributed by atoms with Crippen LogP contribution >= 0.6 is 0 Å². The van der Waals surface area contributed by atoms with Gasteiger partial charge < -0.3 is 15.3 Å². The third kappa shape index (κ3) is 4.76. The molecule has 0 aliphatic carbocycles. The van der Waals surface area contributed by atoms with Gasteiger partial charge in [-0.2, -0.15) is 0 Å². The Bertz CT molecular complexity index is 494. The van der Waals surface area contributed by atoms with E-state index in [1.54, 1.807) is 11.9 Å². The minimum absolute atomic E-state index is 0.103. The number of carboxylic acids is 1. The predicted molar refractivity (Wildman–Crippen MR) is 78.4 cm³/mol. The van der Waals surface area contributed by atoms with Crippen molar-refractivity contribution in [1.82, 2.24) is 10.2 Å². The highest BCUT2D eigenvalue weighted by molar-refractivity contribution is 5.85. The van der Waals surface area contributed by atoms with E-state index in [9.17, 15) is 9.59 Å². The van der Waals surface area contributed by atoms with Gasteiger partial charge in [0.25, 0.3) is 0 Å². The zero-order chi connectivity index (χ0) is 15.1. The quantitative estimate of drug-likeness (QED) is 0.812. The number of carboxylic acid groups (broad SMARTS) is 1. The Morgan fingerprint density at radius 3 is 2.45 bits per heavy atom. The average molecular weight is 276 g/mol. The summed E-state index contributed by atoms with van der Waals surface area (Å²) in [5.41, 5.74) is 1.77. The molecule has 108 valence electrons. The Labute approximate surface area is 118 Å². The molecule has 5 heteroatoms. The molecule has 0 bridgehead atoms. The van der Waals surface area contributed by atoms with Gasteiger partial charge in [-0.1, -0.05) is 24.3 Å². The van der Waals surface area contributed by atoms with E-state index in [0.717, 1.165) is 17.2 Å². The molecule has 1 atom stereocenters. The van der Waals surface area contributed by atoms with Crippen LogP contribution in [0.25, 0.3) is 6.08 Å². The molecule has 0 aliphatic rings. The van der Waals surface area contributed by atoms with E-state index in [1.165, 1.54) is 6.08 Å². The first kappa shape index (κ1) is 15.8. The number of urea groups is 1. The van der Waals surface area contributed by atoms with Crippen LogP contribution in [-0.4, -0.2) is 35.6 Å². The van der Waals surface area contributed by atoms with E-state index in [-0.39, 0.29) is 12.1 Å². The average Bonchev–Trinajstić information content (AvgIpc) is 2.44. The highest BCUT2D eigenvalue weighted by atomic mass is 16.4. The molecule has 2 amide bonds. The van der Waals surface area contributed by atoms with Gasteiger partial charge in [-0.3, -0.25) is 0 Å². The minimum atomic E-state index is -0.975. The standard InChI is InChI=1S/C15H20N2O3/c1-4-17(3)15(20)16-11(2)13-8-5-12(6-9-13)7-10-14(18)19/h5-11H,4H2,1-3H3,(H,16,20)(H,18,19). The summed E-state index contributed by atoms with van der Waals surface area (Å²) < 4.78 is 0. The first-order valence-electron chi connectivity index (χ1n) is 6.46. The van der Waals surface area contributed by atoms with Crippen LogP contribution < -0.4 is 5.32 Å². The zero-order valence-electron chi connectivity index (χ0n) is 12.0. The van der Waals surface area contributed by atoms with Crippen molar-refractivity contribution in [3.63, 3.8) is 0 Å². The molecule has 0 spiro atoms. The number of hydrogen-bond donors (Lipinski definition) is 2. The Hall–Kier alpha value is -2.30. The van der Waals surface area contributed by atoms with Crippen LogP contribution in [-0.2, 0) is 4.79 Å². The summed E-state index contributed by atoms with van der Waals surface area (Å²) in [6.07, 6.45) is 2.62. The van der Waals surface area contributed by atoms with Gasteiger partial charge in [0.05, 0.1) is 6.04 Å². The van der Waals surface area contributed by atoms with E-state index >= 15 is 0 Å². The Kier molecular flexibility index (Phi) is 5.77. The zero-order valence-corrected chi connectivity index (χ0v) is 12.0. The second-order valence-corrected chi connectivity index (χ2v) is 4.52. The molecule has 20 heavy (non-hydrogen) atoms. The summed E-state index contributed by atoms with van der Waals surface area (Å²) in [4.78, 5) is 23.8. The highest BCUT2D eigenvalue weighted by Crippen LogP contribution is 2.14. The third-order valence-electron chi connectivity index (χ3n) is 3.02. The fourth-order valence-corrected chi connectivity index (χ4v) is 1.59. The summed E-state index contributed by atoms with van der Waals surface area (Å²) in [6.45, 7) is 4.47. The molecular formula is C15H20N2O3. The molecule has 0 radical (unpaired) electrons. The van der Waals surface area contributed by atoms with Crippen molar-refractivity contribution < 1.29 is 14.7 Å². The molecule has 0 saturated heterocycles. The molecule has 1 unspecified atom stereocenters. The number of rotatable bonds is 5. The van der Waals surface area contributed by atoms with Crippen molar-refractivity contribution >= 4 is 18.1 Å². The number of nitrogens with zero attached hydrogens (tertiary/aromatic N) is 1. The molecule has 0 fully saturated rings. The van der Waals surface area contributed by atoms with Gasteiger partial charge in [-0.25, -0.2) is 9.59 Å². The van der Waals surface area contributed by atoms with Crippen LogP contribution in [0.4, 0.5) is 4.79 Å². The van der Waals surface area contributed by atoms with Crippen LogP contribution in [0.3, 0.4) is 0 Å². The largest absolute Gasteiger partial charge is 0.478 e. The lowest BCUT2D eigenvalue weighted by Crippen LogP contribution is -2.38. The van der Waals surface area contributed by atoms with Gasteiger partial charge in [0.1, 0.15) is 0 Å². The maximum atomic E-state index is 11.7. The monoisotopic (exact) mass is 276 g/mol. The van der Waals surface area contributed by atoms with Gasteiger partial charge >= 0.3 is 12.0 Å². The van der Waals surface area contributed by atoms with Crippen molar-refractivity contribution in [2.75, 3.05) is 13.6 Å². The number of hydrogen-bond acceptors (Lipinski definition) is 2. The van der Waals surface area contributed by atoms with Crippen molar-refractivity contribution in [2.24, 2.45) is 0 Å². The second kappa shape index (κ2) is 7.33. The number of carbonyl (C=O) groups excluding carboxylic acids is 1. The number of amides is 2. The molecule has 1 rings (SSSR count). The van der Waals surface area contributed by atoms with Gasteiger partial charge in [-0.15, -0.1) is 0 Å². The topological polar surface area (TPSA) is 69.6 Å². The molecule has 0 aliphatic heterocycles. The van der Waals surface area contributed by atoms with Gasteiger partial charge in [0.15, 0.2) is 0 Å². The first-order valence-corrected chi connectivity index (χ1v) is 6.46. The summed E-state index contributed by atoms with van der Waals surface area (Å²) in [5, 5.41) is 11.4. The fraction of sp³-hybridized carbons (Fsp3) is 0.333. The van der Waals surface area contributed by atoms with Gasteiger partial charge in [0, 0.05) is 19.7 Å². The van der Waals surface area contributed by atoms with Crippen LogP contribution in [0.15, 0.2) is 30.3 Å². The van der Waals surface area contributed by atoms with Crippen LogP contribution in [0.2, 0.25) is 0 Å². The fourth-order valence-electron chi connectivity index (χ4n) is 1.59. The molecular weight excluding hydrogens is 256 g/mol. The molecule has 1 aromatic carbocycles. The normalized spacial score (nSPS) is 12.2. The van der Waals surface area contributed by atoms with Crippen LogP contribution in [0, 0.1) is 0 Å². The smallest absolute Gasteiger partial charge is 0.328 e. The van der Waals surface area contributed by atoms with Crippen molar-refractivity contribution in [3.05, 3.63) is 41.5 Å². The van der Waals surface area contributed by atoms with Crippen LogP contribution in [0.1, 0.15) is 31.0 Å². The lowest BCUT2D eigenvalue weighted by molar-refractivity contribution is -0.131. The molecule has 0 aromatic heterocycles. The van der Waals surface area contributed by atoms with E-state index in [4.69, 9.17) is 5.11 Å². The van der Waals surface area contributed by atoms with E-state index in [1.807, 2.05) is 38.1 Å². The maximum Gasteiger partial charge on any atom is 0.328 e. The predicted octanol–water partition coefficient (Wildman–Crippen LogP) is 2.51. The Balaban J connectivity index is 2.68. The number of benzene rings is 1. The number of nitrogens with one attached hydrogen (secondary N) is 1. The first-order chi connectivity index (χ1) is 9.43.